The van der Waals surface area contributed by atoms with Crippen LogP contribution in [0.2, 0.25) is 0 Å². The molecular weight excluding hydrogens is 331 g/mol. The van der Waals surface area contributed by atoms with Gasteiger partial charge in [0.1, 0.15) is 18.4 Å². The van der Waals surface area contributed by atoms with Gasteiger partial charge < -0.3 is 9.80 Å². The predicted molar refractivity (Wildman–Crippen MR) is 98.9 cm³/mol. The number of piperazine rings is 1. The summed E-state index contributed by atoms with van der Waals surface area (Å²) >= 11 is 0. The first kappa shape index (κ1) is 18.9. The largest absolute Gasteiger partial charge is 0.328 e. The van der Waals surface area contributed by atoms with E-state index in [2.05, 4.69) is 0 Å². The molecule has 1 saturated heterocycles. The minimum atomic E-state index is -0.643. The van der Waals surface area contributed by atoms with Crippen LogP contribution < -0.4 is 0 Å². The number of halogens is 1. The van der Waals surface area contributed by atoms with Gasteiger partial charge in [0, 0.05) is 12.1 Å². The van der Waals surface area contributed by atoms with Crippen LogP contribution in [0.3, 0.4) is 0 Å². The molecule has 1 aromatic rings. The van der Waals surface area contributed by atoms with Crippen LogP contribution in [0.25, 0.3) is 0 Å². The Morgan fingerprint density at radius 2 is 1.69 bits per heavy atom. The van der Waals surface area contributed by atoms with E-state index in [-0.39, 0.29) is 36.3 Å². The molecule has 142 valence electrons. The van der Waals surface area contributed by atoms with E-state index in [9.17, 15) is 14.0 Å². The summed E-state index contributed by atoms with van der Waals surface area (Å²) < 4.78 is 13.4. The predicted octanol–water partition coefficient (Wildman–Crippen LogP) is 4.06. The smallest absolute Gasteiger partial charge is 0.250 e. The van der Waals surface area contributed by atoms with Crippen molar-refractivity contribution < 1.29 is 14.0 Å². The van der Waals surface area contributed by atoms with Crippen molar-refractivity contribution in [1.29, 1.82) is 0 Å². The number of hydrogen-bond acceptors (Lipinski definition) is 2. The molecule has 1 heterocycles. The lowest BCUT2D eigenvalue weighted by molar-refractivity contribution is -0.161. The molecule has 2 aliphatic rings. The van der Waals surface area contributed by atoms with Crippen molar-refractivity contribution in [3.05, 3.63) is 35.6 Å². The fourth-order valence-corrected chi connectivity index (χ4v) is 4.25. The van der Waals surface area contributed by atoms with E-state index in [1.807, 2.05) is 13.8 Å². The lowest BCUT2D eigenvalue weighted by Gasteiger charge is -2.45. The second kappa shape index (κ2) is 8.19. The number of hydrogen-bond donors (Lipinski definition) is 0. The minimum Gasteiger partial charge on any atom is -0.328 e. The SMILES string of the molecule is CC[C@@H](C)N1C(=O)CN(C2CCCCCC2)C(=O)[C@@H]1c1ccc(F)cc1. The van der Waals surface area contributed by atoms with E-state index in [1.165, 1.54) is 25.0 Å². The highest BCUT2D eigenvalue weighted by Gasteiger charge is 2.44. The van der Waals surface area contributed by atoms with Crippen LogP contribution in [0.15, 0.2) is 24.3 Å². The van der Waals surface area contributed by atoms with E-state index >= 15 is 0 Å². The maximum atomic E-state index is 13.4. The van der Waals surface area contributed by atoms with Gasteiger partial charge in [-0.3, -0.25) is 9.59 Å². The van der Waals surface area contributed by atoms with Crippen LogP contribution in [0.1, 0.15) is 70.4 Å². The van der Waals surface area contributed by atoms with Crippen molar-refractivity contribution in [3.63, 3.8) is 0 Å². The van der Waals surface area contributed by atoms with E-state index in [4.69, 9.17) is 0 Å². The average Bonchev–Trinajstić information content (AvgIpc) is 2.92. The van der Waals surface area contributed by atoms with Crippen molar-refractivity contribution in [2.24, 2.45) is 0 Å². The van der Waals surface area contributed by atoms with Gasteiger partial charge in [0.05, 0.1) is 0 Å². The molecule has 1 aliphatic heterocycles. The van der Waals surface area contributed by atoms with Gasteiger partial charge >= 0.3 is 0 Å². The Hall–Kier alpha value is -1.91. The third-order valence-electron chi connectivity index (χ3n) is 5.91. The monoisotopic (exact) mass is 360 g/mol. The summed E-state index contributed by atoms with van der Waals surface area (Å²) in [7, 11) is 0. The van der Waals surface area contributed by atoms with E-state index in [0.717, 1.165) is 32.1 Å². The molecule has 1 aliphatic carbocycles. The topological polar surface area (TPSA) is 40.6 Å². The lowest BCUT2D eigenvalue weighted by Crippen LogP contribution is -2.60. The fraction of sp³-hybridized carbons (Fsp3) is 0.619. The normalized spacial score (nSPS) is 23.9. The average molecular weight is 360 g/mol. The summed E-state index contributed by atoms with van der Waals surface area (Å²) in [4.78, 5) is 29.9. The highest BCUT2D eigenvalue weighted by atomic mass is 19.1. The van der Waals surface area contributed by atoms with Crippen molar-refractivity contribution in [1.82, 2.24) is 9.80 Å². The number of carbonyl (C=O) groups is 2. The zero-order valence-corrected chi connectivity index (χ0v) is 15.8. The van der Waals surface area contributed by atoms with Gasteiger partial charge in [-0.15, -0.1) is 0 Å². The third-order valence-corrected chi connectivity index (χ3v) is 5.91. The van der Waals surface area contributed by atoms with Crippen molar-refractivity contribution in [2.45, 2.75) is 76.9 Å². The number of nitrogens with zero attached hydrogens (tertiary/aromatic N) is 2. The number of carbonyl (C=O) groups excluding carboxylic acids is 2. The summed E-state index contributed by atoms with van der Waals surface area (Å²) in [5, 5.41) is 0. The van der Waals surface area contributed by atoms with Gasteiger partial charge in [0.2, 0.25) is 5.91 Å². The van der Waals surface area contributed by atoms with Gasteiger partial charge in [-0.2, -0.15) is 0 Å². The molecule has 0 unspecified atom stereocenters. The molecule has 2 atom stereocenters. The lowest BCUT2D eigenvalue weighted by atomic mass is 9.95. The maximum Gasteiger partial charge on any atom is 0.250 e. The fourth-order valence-electron chi connectivity index (χ4n) is 4.25. The van der Waals surface area contributed by atoms with Gasteiger partial charge in [-0.1, -0.05) is 44.7 Å². The second-order valence-electron chi connectivity index (χ2n) is 7.62. The molecule has 3 rings (SSSR count). The van der Waals surface area contributed by atoms with Crippen LogP contribution in [0, 0.1) is 5.82 Å². The van der Waals surface area contributed by atoms with Crippen LogP contribution in [-0.2, 0) is 9.59 Å². The van der Waals surface area contributed by atoms with E-state index < -0.39 is 6.04 Å². The second-order valence-corrected chi connectivity index (χ2v) is 7.62. The summed E-state index contributed by atoms with van der Waals surface area (Å²) in [5.41, 5.74) is 0.698. The molecule has 4 nitrogen and oxygen atoms in total. The maximum absolute atomic E-state index is 13.4. The Labute approximate surface area is 155 Å². The Bertz CT molecular complexity index is 638. The molecule has 1 aromatic carbocycles. The zero-order chi connectivity index (χ0) is 18.7. The van der Waals surface area contributed by atoms with Crippen molar-refractivity contribution >= 4 is 11.8 Å². The summed E-state index contributed by atoms with van der Waals surface area (Å²) in [6, 6.07) is 5.48. The number of amides is 2. The highest BCUT2D eigenvalue weighted by molar-refractivity contribution is 5.96. The Kier molecular flexibility index (Phi) is 5.94. The molecule has 0 spiro atoms. The van der Waals surface area contributed by atoms with E-state index in [0.29, 0.717) is 5.56 Å². The Balaban J connectivity index is 1.94. The molecule has 5 heteroatoms. The molecule has 0 aromatic heterocycles. The van der Waals surface area contributed by atoms with Crippen molar-refractivity contribution in [3.8, 4) is 0 Å². The molecule has 2 amide bonds. The van der Waals surface area contributed by atoms with Gasteiger partial charge in [-0.05, 0) is 43.9 Å². The van der Waals surface area contributed by atoms with Crippen LogP contribution in [-0.4, -0.2) is 40.2 Å². The number of rotatable bonds is 4. The first-order valence-electron chi connectivity index (χ1n) is 9.90. The quantitative estimate of drug-likeness (QED) is 0.760. The van der Waals surface area contributed by atoms with E-state index in [1.54, 1.807) is 21.9 Å². The van der Waals surface area contributed by atoms with Crippen LogP contribution in [0.4, 0.5) is 4.39 Å². The summed E-state index contributed by atoms with van der Waals surface area (Å²) in [6.07, 6.45) is 7.34. The molecule has 2 fully saturated rings. The molecule has 1 saturated carbocycles. The molecule has 0 radical (unpaired) electrons. The van der Waals surface area contributed by atoms with Crippen LogP contribution in [0.5, 0.6) is 0 Å². The standard InChI is InChI=1S/C21H29FN2O2/c1-3-15(2)24-19(25)14-23(18-8-6-4-5-7-9-18)21(26)20(24)16-10-12-17(22)13-11-16/h10-13,15,18,20H,3-9,14H2,1-2H3/t15-,20+/m1/s1. The molecule has 0 bridgehead atoms. The summed E-state index contributed by atoms with van der Waals surface area (Å²) in [5.74, 6) is -0.347. The van der Waals surface area contributed by atoms with Gasteiger partial charge in [0.25, 0.3) is 5.91 Å². The summed E-state index contributed by atoms with van der Waals surface area (Å²) in [6.45, 7) is 4.16. The molecule has 26 heavy (non-hydrogen) atoms. The van der Waals surface area contributed by atoms with Gasteiger partial charge in [0.15, 0.2) is 0 Å². The minimum absolute atomic E-state index is 0.00229. The zero-order valence-electron chi connectivity index (χ0n) is 15.8. The Morgan fingerprint density at radius 1 is 1.08 bits per heavy atom. The van der Waals surface area contributed by atoms with Crippen LogP contribution >= 0.6 is 0 Å². The Morgan fingerprint density at radius 3 is 2.27 bits per heavy atom. The van der Waals surface area contributed by atoms with Crippen molar-refractivity contribution in [2.75, 3.05) is 6.54 Å². The first-order valence-corrected chi connectivity index (χ1v) is 9.90. The molecular formula is C21H29FN2O2. The van der Waals surface area contributed by atoms with Gasteiger partial charge in [-0.25, -0.2) is 4.39 Å². The number of benzene rings is 1. The molecule has 0 N–H and O–H groups in total. The first-order chi connectivity index (χ1) is 12.5. The third kappa shape index (κ3) is 3.76. The highest BCUT2D eigenvalue weighted by Crippen LogP contribution is 2.33.